The van der Waals surface area contributed by atoms with Gasteiger partial charge < -0.3 is 19.9 Å². The minimum atomic E-state index is -0.454. The summed E-state index contributed by atoms with van der Waals surface area (Å²) in [4.78, 5) is 22.8. The van der Waals surface area contributed by atoms with Gasteiger partial charge in [0.1, 0.15) is 11.5 Å². The largest absolute Gasteiger partial charge is 0.507 e. The molecule has 0 spiro atoms. The lowest BCUT2D eigenvalue weighted by Crippen LogP contribution is -2.26. The molecule has 6 heteroatoms. The van der Waals surface area contributed by atoms with Crippen molar-refractivity contribution in [1.82, 2.24) is 5.32 Å². The number of hydrogen-bond donors (Lipinski definition) is 2. The molecule has 104 valence electrons. The van der Waals surface area contributed by atoms with Gasteiger partial charge in [-0.2, -0.15) is 0 Å². The fourth-order valence-corrected chi connectivity index (χ4v) is 1.44. The van der Waals surface area contributed by atoms with Crippen molar-refractivity contribution in [1.29, 1.82) is 0 Å². The number of phenols is 1. The number of benzene rings is 1. The van der Waals surface area contributed by atoms with Gasteiger partial charge in [0.2, 0.25) is 0 Å². The van der Waals surface area contributed by atoms with Crippen LogP contribution in [0.1, 0.15) is 23.7 Å². The Morgan fingerprint density at radius 1 is 1.37 bits per heavy atom. The van der Waals surface area contributed by atoms with Crippen molar-refractivity contribution >= 4 is 11.9 Å². The molecule has 2 N–H and O–H groups in total. The maximum absolute atomic E-state index is 11.7. The molecule has 0 aromatic heterocycles. The number of ether oxygens (including phenoxy) is 2. The van der Waals surface area contributed by atoms with Crippen LogP contribution in [-0.4, -0.2) is 37.2 Å². The highest BCUT2D eigenvalue weighted by molar-refractivity contribution is 5.97. The first-order chi connectivity index (χ1) is 9.08. The smallest absolute Gasteiger partial charge is 0.307 e. The molecule has 0 aliphatic heterocycles. The van der Waals surface area contributed by atoms with E-state index in [-0.39, 0.29) is 30.2 Å². The minimum Gasteiger partial charge on any atom is -0.507 e. The average Bonchev–Trinajstić information content (AvgIpc) is 2.38. The number of carbonyl (C=O) groups excluding carboxylic acids is 2. The summed E-state index contributed by atoms with van der Waals surface area (Å²) in [6, 6.07) is 4.37. The van der Waals surface area contributed by atoms with Crippen LogP contribution in [0, 0.1) is 0 Å². The second kappa shape index (κ2) is 7.25. The Bertz CT molecular complexity index is 458. The number of esters is 1. The molecule has 0 unspecified atom stereocenters. The summed E-state index contributed by atoms with van der Waals surface area (Å²) < 4.78 is 9.64. The first kappa shape index (κ1) is 14.8. The normalized spacial score (nSPS) is 9.79. The Balaban J connectivity index is 2.52. The van der Waals surface area contributed by atoms with Crippen LogP contribution in [0.5, 0.6) is 11.5 Å². The Hall–Kier alpha value is -2.24. The number of hydrogen-bond acceptors (Lipinski definition) is 5. The molecule has 0 saturated heterocycles. The van der Waals surface area contributed by atoms with E-state index in [1.807, 2.05) is 0 Å². The van der Waals surface area contributed by atoms with E-state index in [4.69, 9.17) is 9.47 Å². The lowest BCUT2D eigenvalue weighted by molar-refractivity contribution is -0.142. The van der Waals surface area contributed by atoms with Crippen molar-refractivity contribution in [3.8, 4) is 11.5 Å². The van der Waals surface area contributed by atoms with Gasteiger partial charge in [-0.1, -0.05) is 0 Å². The Morgan fingerprint density at radius 3 is 2.68 bits per heavy atom. The molecule has 0 aliphatic carbocycles. The van der Waals surface area contributed by atoms with Gasteiger partial charge in [0, 0.05) is 12.6 Å². The molecular formula is C13H17NO5. The first-order valence-corrected chi connectivity index (χ1v) is 5.89. The van der Waals surface area contributed by atoms with Gasteiger partial charge in [-0.15, -0.1) is 0 Å². The number of carbonyl (C=O) groups is 2. The predicted molar refractivity (Wildman–Crippen MR) is 68.2 cm³/mol. The summed E-state index contributed by atoms with van der Waals surface area (Å²) in [7, 11) is 1.47. The van der Waals surface area contributed by atoms with Gasteiger partial charge in [-0.05, 0) is 19.1 Å². The maximum Gasteiger partial charge on any atom is 0.307 e. The molecule has 19 heavy (non-hydrogen) atoms. The molecular weight excluding hydrogens is 250 g/mol. The van der Waals surface area contributed by atoms with Crippen molar-refractivity contribution < 1.29 is 24.2 Å². The van der Waals surface area contributed by atoms with Crippen LogP contribution in [0.4, 0.5) is 0 Å². The van der Waals surface area contributed by atoms with Crippen LogP contribution in [-0.2, 0) is 9.53 Å². The number of nitrogens with one attached hydrogen (secondary N) is 1. The predicted octanol–water partition coefficient (Wildman–Crippen LogP) is 1.08. The van der Waals surface area contributed by atoms with E-state index in [0.29, 0.717) is 12.4 Å². The van der Waals surface area contributed by atoms with Crippen LogP contribution in [0.15, 0.2) is 18.2 Å². The molecule has 1 amide bonds. The van der Waals surface area contributed by atoms with Gasteiger partial charge in [-0.25, -0.2) is 0 Å². The van der Waals surface area contributed by atoms with Gasteiger partial charge in [-0.3, -0.25) is 9.59 Å². The number of aromatic hydroxyl groups is 1. The zero-order valence-corrected chi connectivity index (χ0v) is 10.9. The number of phenolic OH excluding ortho intramolecular Hbond substituents is 1. The third-order valence-corrected chi connectivity index (χ3v) is 2.37. The summed E-state index contributed by atoms with van der Waals surface area (Å²) in [5.41, 5.74) is 0.129. The Kier molecular flexibility index (Phi) is 5.66. The molecule has 1 aromatic rings. The third kappa shape index (κ3) is 4.50. The SMILES string of the molecule is CCOC(=O)CCNC(=O)c1ccc(OC)cc1O. The molecule has 1 aromatic carbocycles. The molecule has 0 bridgehead atoms. The van der Waals surface area contributed by atoms with Gasteiger partial charge in [0.15, 0.2) is 0 Å². The highest BCUT2D eigenvalue weighted by Gasteiger charge is 2.12. The van der Waals surface area contributed by atoms with Crippen molar-refractivity contribution in [2.24, 2.45) is 0 Å². The zero-order chi connectivity index (χ0) is 14.3. The lowest BCUT2D eigenvalue weighted by atomic mass is 10.2. The number of amides is 1. The molecule has 0 atom stereocenters. The number of rotatable bonds is 6. The molecule has 1 rings (SSSR count). The zero-order valence-electron chi connectivity index (χ0n) is 10.9. The summed E-state index contributed by atoms with van der Waals surface area (Å²) in [6.07, 6.45) is 0.0937. The first-order valence-electron chi connectivity index (χ1n) is 5.89. The van der Waals surface area contributed by atoms with Crippen molar-refractivity contribution in [2.45, 2.75) is 13.3 Å². The minimum absolute atomic E-state index is 0.0937. The van der Waals surface area contributed by atoms with Crippen molar-refractivity contribution in [3.63, 3.8) is 0 Å². The summed E-state index contributed by atoms with van der Waals surface area (Å²) in [6.45, 7) is 2.18. The highest BCUT2D eigenvalue weighted by atomic mass is 16.5. The monoisotopic (exact) mass is 267 g/mol. The van der Waals surface area contributed by atoms with Crippen LogP contribution < -0.4 is 10.1 Å². The van der Waals surface area contributed by atoms with E-state index in [1.165, 1.54) is 19.2 Å². The summed E-state index contributed by atoms with van der Waals surface area (Å²) >= 11 is 0. The second-order valence-electron chi connectivity index (χ2n) is 3.69. The van der Waals surface area contributed by atoms with Gasteiger partial charge >= 0.3 is 5.97 Å². The molecule has 0 radical (unpaired) electrons. The fourth-order valence-electron chi connectivity index (χ4n) is 1.44. The van der Waals surface area contributed by atoms with Crippen LogP contribution in [0.25, 0.3) is 0 Å². The third-order valence-electron chi connectivity index (χ3n) is 2.37. The fraction of sp³-hybridized carbons (Fsp3) is 0.385. The Morgan fingerprint density at radius 2 is 2.11 bits per heavy atom. The molecule has 0 fully saturated rings. The van der Waals surface area contributed by atoms with E-state index in [1.54, 1.807) is 13.0 Å². The van der Waals surface area contributed by atoms with E-state index in [9.17, 15) is 14.7 Å². The van der Waals surface area contributed by atoms with Gasteiger partial charge in [0.25, 0.3) is 5.91 Å². The lowest BCUT2D eigenvalue weighted by Gasteiger charge is -2.08. The van der Waals surface area contributed by atoms with E-state index < -0.39 is 5.91 Å². The quantitative estimate of drug-likeness (QED) is 0.753. The topological polar surface area (TPSA) is 84.9 Å². The molecule has 0 heterocycles. The van der Waals surface area contributed by atoms with Crippen LogP contribution >= 0.6 is 0 Å². The molecule has 0 aliphatic rings. The van der Waals surface area contributed by atoms with E-state index >= 15 is 0 Å². The van der Waals surface area contributed by atoms with Crippen LogP contribution in [0.2, 0.25) is 0 Å². The van der Waals surface area contributed by atoms with Crippen molar-refractivity contribution in [2.75, 3.05) is 20.3 Å². The number of methoxy groups -OCH3 is 1. The van der Waals surface area contributed by atoms with E-state index in [2.05, 4.69) is 5.32 Å². The summed E-state index contributed by atoms with van der Waals surface area (Å²) in [5, 5.41) is 12.2. The molecule has 6 nitrogen and oxygen atoms in total. The van der Waals surface area contributed by atoms with Crippen LogP contribution in [0.3, 0.4) is 0 Å². The second-order valence-corrected chi connectivity index (χ2v) is 3.69. The molecule has 0 saturated carbocycles. The average molecular weight is 267 g/mol. The standard InChI is InChI=1S/C13H17NO5/c1-3-19-12(16)6-7-14-13(17)10-5-4-9(18-2)8-11(10)15/h4-5,8,15H,3,6-7H2,1-2H3,(H,14,17). The van der Waals surface area contributed by atoms with Gasteiger partial charge in [0.05, 0.1) is 25.7 Å². The highest BCUT2D eigenvalue weighted by Crippen LogP contribution is 2.23. The maximum atomic E-state index is 11.7. The van der Waals surface area contributed by atoms with E-state index in [0.717, 1.165) is 0 Å². The summed E-state index contributed by atoms with van der Waals surface area (Å²) in [5.74, 6) is -0.542. The van der Waals surface area contributed by atoms with Crippen molar-refractivity contribution in [3.05, 3.63) is 23.8 Å². The Labute approximate surface area is 111 Å².